The van der Waals surface area contributed by atoms with Crippen molar-refractivity contribution >= 4 is 5.78 Å². The molecule has 26 heavy (non-hydrogen) atoms. The van der Waals surface area contributed by atoms with Gasteiger partial charge in [-0.1, -0.05) is 12.1 Å². The zero-order valence-corrected chi connectivity index (χ0v) is 15.5. The number of rotatable bonds is 4. The Bertz CT molecular complexity index is 815. The Labute approximate surface area is 154 Å². The van der Waals surface area contributed by atoms with Gasteiger partial charge in [-0.3, -0.25) is 9.80 Å². The highest BCUT2D eigenvalue weighted by molar-refractivity contribution is 5.99. The smallest absolute Gasteiger partial charge is 0.161 e. The van der Waals surface area contributed by atoms with Crippen LogP contribution in [-0.2, 0) is 4.79 Å². The molecule has 2 aliphatic rings. The lowest BCUT2D eigenvalue weighted by atomic mass is 9.76. The second kappa shape index (κ2) is 7.22. The number of ether oxygens (including phenoxy) is 1. The van der Waals surface area contributed by atoms with E-state index in [0.717, 1.165) is 29.9 Å². The van der Waals surface area contributed by atoms with Gasteiger partial charge >= 0.3 is 0 Å². The Morgan fingerprint density at radius 1 is 1.31 bits per heavy atom. The number of ketones is 1. The summed E-state index contributed by atoms with van der Waals surface area (Å²) in [7, 11) is 3.73. The van der Waals surface area contributed by atoms with E-state index in [4.69, 9.17) is 10.5 Å². The summed E-state index contributed by atoms with van der Waals surface area (Å²) in [5, 5.41) is 13.4. The Hall–Kier alpha value is -2.78. The van der Waals surface area contributed by atoms with Gasteiger partial charge < -0.3 is 10.5 Å². The van der Waals surface area contributed by atoms with Crippen LogP contribution in [0.25, 0.3) is 0 Å². The fraction of sp³-hybridized carbons (Fsp3) is 0.400. The molecule has 0 saturated heterocycles. The molecule has 0 radical (unpaired) electrons. The first-order valence-corrected chi connectivity index (χ1v) is 8.85. The number of hydrazine groups is 1. The first-order valence-electron chi connectivity index (χ1n) is 8.85. The first kappa shape index (κ1) is 18.0. The van der Waals surface area contributed by atoms with E-state index in [1.54, 1.807) is 5.01 Å². The third-order valence-corrected chi connectivity index (χ3v) is 4.81. The molecule has 0 unspecified atom stereocenters. The molecule has 1 aliphatic heterocycles. The minimum atomic E-state index is -0.422. The molecule has 1 atom stereocenters. The zero-order chi connectivity index (χ0) is 18.8. The molecule has 1 heterocycles. The molecule has 136 valence electrons. The number of hydrogen-bond acceptors (Lipinski definition) is 6. The molecule has 0 saturated carbocycles. The van der Waals surface area contributed by atoms with Crippen molar-refractivity contribution in [2.75, 3.05) is 20.7 Å². The van der Waals surface area contributed by atoms with E-state index in [-0.39, 0.29) is 5.78 Å². The highest BCUT2D eigenvalue weighted by atomic mass is 16.5. The molecular formula is C20H24N4O2. The zero-order valence-electron chi connectivity index (χ0n) is 15.5. The predicted molar refractivity (Wildman–Crippen MR) is 98.6 cm³/mol. The maximum atomic E-state index is 12.8. The molecule has 0 aromatic heterocycles. The Kier molecular flexibility index (Phi) is 5.01. The van der Waals surface area contributed by atoms with Crippen molar-refractivity contribution in [2.45, 2.75) is 32.1 Å². The number of nitrogens with zero attached hydrogens (tertiary/aromatic N) is 3. The quantitative estimate of drug-likeness (QED) is 0.897. The molecule has 2 N–H and O–H groups in total. The van der Waals surface area contributed by atoms with Crippen LogP contribution in [0.15, 0.2) is 46.9 Å². The van der Waals surface area contributed by atoms with Crippen molar-refractivity contribution in [1.29, 1.82) is 5.26 Å². The summed E-state index contributed by atoms with van der Waals surface area (Å²) in [5.41, 5.74) is 9.26. The van der Waals surface area contributed by atoms with E-state index in [1.165, 1.54) is 0 Å². The van der Waals surface area contributed by atoms with Crippen LogP contribution in [0.1, 0.15) is 37.7 Å². The molecule has 0 amide bonds. The van der Waals surface area contributed by atoms with Crippen molar-refractivity contribution in [3.63, 3.8) is 0 Å². The van der Waals surface area contributed by atoms with Crippen LogP contribution in [0.4, 0.5) is 0 Å². The Morgan fingerprint density at radius 3 is 2.58 bits per heavy atom. The highest BCUT2D eigenvalue weighted by Gasteiger charge is 2.40. The average Bonchev–Trinajstić information content (AvgIpc) is 2.61. The normalized spacial score (nSPS) is 20.3. The molecule has 1 aromatic rings. The van der Waals surface area contributed by atoms with Crippen LogP contribution in [0, 0.1) is 11.3 Å². The van der Waals surface area contributed by atoms with Crippen LogP contribution in [0.5, 0.6) is 5.75 Å². The monoisotopic (exact) mass is 352 g/mol. The van der Waals surface area contributed by atoms with Gasteiger partial charge in [0, 0.05) is 31.8 Å². The van der Waals surface area contributed by atoms with Gasteiger partial charge in [0.05, 0.1) is 24.2 Å². The fourth-order valence-electron chi connectivity index (χ4n) is 3.78. The topological polar surface area (TPSA) is 82.6 Å². The number of Topliss-reactive ketones (excluding diaryl/α,β-unsaturated/α-hetero) is 1. The summed E-state index contributed by atoms with van der Waals surface area (Å²) < 4.78 is 5.50. The van der Waals surface area contributed by atoms with E-state index < -0.39 is 5.92 Å². The Balaban J connectivity index is 2.16. The number of allylic oxidation sites excluding steroid dienone is 3. The van der Waals surface area contributed by atoms with Gasteiger partial charge in [-0.25, -0.2) is 5.01 Å². The molecule has 6 nitrogen and oxygen atoms in total. The van der Waals surface area contributed by atoms with Gasteiger partial charge in [-0.2, -0.15) is 5.26 Å². The largest absolute Gasteiger partial charge is 0.494 e. The van der Waals surface area contributed by atoms with Crippen molar-refractivity contribution < 1.29 is 9.53 Å². The lowest BCUT2D eigenvalue weighted by Gasteiger charge is -2.42. The maximum absolute atomic E-state index is 12.8. The molecule has 0 bridgehead atoms. The summed E-state index contributed by atoms with van der Waals surface area (Å²) in [6, 6.07) is 9.82. The van der Waals surface area contributed by atoms with Crippen LogP contribution in [0.3, 0.4) is 0 Å². The van der Waals surface area contributed by atoms with Crippen molar-refractivity contribution in [1.82, 2.24) is 10.0 Å². The van der Waals surface area contributed by atoms with Crippen molar-refractivity contribution in [3.8, 4) is 11.8 Å². The van der Waals surface area contributed by atoms with Crippen LogP contribution in [0.2, 0.25) is 0 Å². The van der Waals surface area contributed by atoms with Crippen molar-refractivity contribution in [2.24, 2.45) is 5.73 Å². The summed E-state index contributed by atoms with van der Waals surface area (Å²) in [6.07, 6.45) is 2.08. The summed E-state index contributed by atoms with van der Waals surface area (Å²) in [4.78, 5) is 12.8. The average molecular weight is 352 g/mol. The summed E-state index contributed by atoms with van der Waals surface area (Å²) in [6.45, 7) is 2.52. The fourth-order valence-corrected chi connectivity index (χ4v) is 3.78. The predicted octanol–water partition coefficient (Wildman–Crippen LogP) is 2.66. The second-order valence-corrected chi connectivity index (χ2v) is 6.64. The lowest BCUT2D eigenvalue weighted by Crippen LogP contribution is -2.45. The molecular weight excluding hydrogens is 328 g/mol. The van der Waals surface area contributed by atoms with Crippen LogP contribution >= 0.6 is 0 Å². The standard InChI is InChI=1S/C20H24N4O2/c1-4-26-14-10-8-13(9-11-14)18-15(12-21)20(22)24(23(2)3)16-6-5-7-17(25)19(16)18/h8-11,18H,4-7,22H2,1-3H3/t18-/m1/s1. The molecule has 1 aliphatic carbocycles. The van der Waals surface area contributed by atoms with Gasteiger partial charge in [0.15, 0.2) is 5.78 Å². The van der Waals surface area contributed by atoms with Gasteiger partial charge in [-0.15, -0.1) is 0 Å². The SMILES string of the molecule is CCOc1ccc([C@@H]2C(C#N)=C(N)N(N(C)C)C3=C2C(=O)CCC3)cc1. The van der Waals surface area contributed by atoms with Crippen molar-refractivity contribution in [3.05, 3.63) is 52.5 Å². The number of nitrogens with two attached hydrogens (primary N) is 1. The van der Waals surface area contributed by atoms with Gasteiger partial charge in [0.2, 0.25) is 0 Å². The Morgan fingerprint density at radius 2 is 2.00 bits per heavy atom. The summed E-state index contributed by atoms with van der Waals surface area (Å²) in [5.74, 6) is 0.832. The lowest BCUT2D eigenvalue weighted by molar-refractivity contribution is -0.116. The third-order valence-electron chi connectivity index (χ3n) is 4.81. The molecule has 3 rings (SSSR count). The molecule has 0 fully saturated rings. The second-order valence-electron chi connectivity index (χ2n) is 6.64. The van der Waals surface area contributed by atoms with Gasteiger partial charge in [-0.05, 0) is 37.5 Å². The number of hydrogen-bond donors (Lipinski definition) is 1. The number of nitriles is 1. The first-order chi connectivity index (χ1) is 12.5. The summed E-state index contributed by atoms with van der Waals surface area (Å²) >= 11 is 0. The van der Waals surface area contributed by atoms with Crippen LogP contribution in [-0.4, -0.2) is 36.5 Å². The number of carbonyl (C=O) groups excluding carboxylic acids is 1. The minimum Gasteiger partial charge on any atom is -0.494 e. The van der Waals surface area contributed by atoms with E-state index in [2.05, 4.69) is 6.07 Å². The minimum absolute atomic E-state index is 0.0947. The highest BCUT2D eigenvalue weighted by Crippen LogP contribution is 2.45. The van der Waals surface area contributed by atoms with Gasteiger partial charge in [0.1, 0.15) is 11.6 Å². The van der Waals surface area contributed by atoms with Gasteiger partial charge in [0.25, 0.3) is 0 Å². The maximum Gasteiger partial charge on any atom is 0.161 e. The van der Waals surface area contributed by atoms with E-state index >= 15 is 0 Å². The van der Waals surface area contributed by atoms with Crippen LogP contribution < -0.4 is 10.5 Å². The molecule has 1 aromatic carbocycles. The van der Waals surface area contributed by atoms with E-state index in [1.807, 2.05) is 50.3 Å². The number of carbonyl (C=O) groups is 1. The molecule has 0 spiro atoms. The number of benzene rings is 1. The van der Waals surface area contributed by atoms with E-state index in [9.17, 15) is 10.1 Å². The van der Waals surface area contributed by atoms with E-state index in [0.29, 0.717) is 30.0 Å². The molecule has 6 heteroatoms. The third kappa shape index (κ3) is 2.95.